The second-order valence-corrected chi connectivity index (χ2v) is 12.6. The predicted octanol–water partition coefficient (Wildman–Crippen LogP) is 3.16. The van der Waals surface area contributed by atoms with Gasteiger partial charge in [-0.15, -0.1) is 0 Å². The molecular weight excluding hydrogens is 487 g/mol. The van der Waals surface area contributed by atoms with Crippen LogP contribution in [0, 0.1) is 11.8 Å². The number of nitrogens with one attached hydrogen (secondary N) is 2. The number of H-pyrrole nitrogens is 1. The Bertz CT molecular complexity index is 1350. The maximum atomic E-state index is 12.2. The number of hydrogen-bond acceptors (Lipinski definition) is 6. The van der Waals surface area contributed by atoms with E-state index in [1.165, 1.54) is 11.9 Å². The summed E-state index contributed by atoms with van der Waals surface area (Å²) < 4.78 is 17.6. The molecule has 3 N–H and O–H groups in total. The number of nitrogens with zero attached hydrogens (tertiary/aromatic N) is 2. The van der Waals surface area contributed by atoms with E-state index in [1.54, 1.807) is 13.3 Å². The summed E-state index contributed by atoms with van der Waals surface area (Å²) in [7, 11) is -2.50. The lowest BCUT2D eigenvalue weighted by atomic mass is 9.95. The Morgan fingerprint density at radius 2 is 1.65 bits per heavy atom. The highest BCUT2D eigenvalue weighted by Gasteiger charge is 2.21. The molecule has 1 saturated heterocycles. The van der Waals surface area contributed by atoms with Crippen molar-refractivity contribution in [3.05, 3.63) is 93.2 Å². The standard InChI is InChI=1S/C28H33N4O4P/c1-37(2,35)31-18-25(26-27(33)28(34)30-20-29-26)17-23-9-5-21(6-10-23)3-4-22-7-11-24(12-8-22)19-32-13-15-36-16-14-32/h5-12,20,25,33H,13-19H2,1-2H3,(H,31,35)(H,29,30,34). The molecule has 4 rings (SSSR count). The first-order chi connectivity index (χ1) is 17.8. The Kier molecular flexibility index (Phi) is 8.96. The van der Waals surface area contributed by atoms with E-state index < -0.39 is 18.6 Å². The summed E-state index contributed by atoms with van der Waals surface area (Å²) in [5, 5.41) is 13.3. The van der Waals surface area contributed by atoms with Crippen molar-refractivity contribution in [2.45, 2.75) is 18.9 Å². The van der Waals surface area contributed by atoms with Crippen LogP contribution >= 0.6 is 7.29 Å². The van der Waals surface area contributed by atoms with Gasteiger partial charge in [-0.25, -0.2) is 4.98 Å². The van der Waals surface area contributed by atoms with Gasteiger partial charge >= 0.3 is 0 Å². The first kappa shape index (κ1) is 26.8. The number of rotatable bonds is 8. The zero-order chi connectivity index (χ0) is 26.3. The molecule has 0 bridgehead atoms. The number of aromatic hydroxyl groups is 1. The highest BCUT2D eigenvalue weighted by Crippen LogP contribution is 2.32. The predicted molar refractivity (Wildman–Crippen MR) is 145 cm³/mol. The van der Waals surface area contributed by atoms with Gasteiger partial charge in [-0.1, -0.05) is 36.1 Å². The lowest BCUT2D eigenvalue weighted by Gasteiger charge is -2.26. The van der Waals surface area contributed by atoms with Gasteiger partial charge in [0.2, 0.25) is 5.75 Å². The van der Waals surface area contributed by atoms with Gasteiger partial charge in [0.1, 0.15) is 7.29 Å². The molecule has 1 aliphatic heterocycles. The zero-order valence-electron chi connectivity index (χ0n) is 21.2. The van der Waals surface area contributed by atoms with E-state index in [0.29, 0.717) is 13.0 Å². The molecule has 8 nitrogen and oxygen atoms in total. The Balaban J connectivity index is 1.42. The van der Waals surface area contributed by atoms with Gasteiger partial charge in [0.15, 0.2) is 0 Å². The minimum absolute atomic E-state index is 0.283. The van der Waals surface area contributed by atoms with Gasteiger partial charge in [-0.2, -0.15) is 0 Å². The maximum absolute atomic E-state index is 12.2. The topological polar surface area (TPSA) is 108 Å². The van der Waals surface area contributed by atoms with Crippen molar-refractivity contribution in [3.63, 3.8) is 0 Å². The number of hydrogen-bond donors (Lipinski definition) is 3. The third-order valence-electron chi connectivity index (χ3n) is 6.21. The minimum atomic E-state index is -2.50. The van der Waals surface area contributed by atoms with Crippen LogP contribution in [0.25, 0.3) is 0 Å². The number of benzene rings is 2. The normalized spacial score (nSPS) is 15.1. The van der Waals surface area contributed by atoms with E-state index in [1.807, 2.05) is 24.3 Å². The molecule has 9 heteroatoms. The largest absolute Gasteiger partial charge is 0.502 e. The van der Waals surface area contributed by atoms with E-state index in [2.05, 4.69) is 56.1 Å². The Hall–Kier alpha value is -3.21. The average molecular weight is 521 g/mol. The van der Waals surface area contributed by atoms with Crippen molar-refractivity contribution in [1.29, 1.82) is 0 Å². The molecule has 0 radical (unpaired) electrons. The Morgan fingerprint density at radius 1 is 1.05 bits per heavy atom. The number of aromatic amines is 1. The zero-order valence-corrected chi connectivity index (χ0v) is 22.1. The first-order valence-corrected chi connectivity index (χ1v) is 14.9. The highest BCUT2D eigenvalue weighted by molar-refractivity contribution is 7.60. The number of morpholine rings is 1. The molecule has 2 aromatic carbocycles. The fraction of sp³-hybridized carbons (Fsp3) is 0.357. The number of ether oxygens (including phenoxy) is 1. The van der Waals surface area contributed by atoms with Crippen LogP contribution in [0.2, 0.25) is 0 Å². The molecule has 1 aromatic heterocycles. The lowest BCUT2D eigenvalue weighted by molar-refractivity contribution is 0.0342. The van der Waals surface area contributed by atoms with Crippen molar-refractivity contribution in [3.8, 4) is 17.6 Å². The molecule has 0 saturated carbocycles. The first-order valence-electron chi connectivity index (χ1n) is 12.3. The monoisotopic (exact) mass is 520 g/mol. The van der Waals surface area contributed by atoms with Crippen LogP contribution in [0.3, 0.4) is 0 Å². The van der Waals surface area contributed by atoms with Gasteiger partial charge in [-0.05, 0) is 41.8 Å². The minimum Gasteiger partial charge on any atom is -0.502 e. The number of aromatic nitrogens is 2. The molecule has 2 heterocycles. The molecule has 0 aliphatic carbocycles. The van der Waals surface area contributed by atoms with Crippen LogP contribution in [-0.4, -0.2) is 66.2 Å². The summed E-state index contributed by atoms with van der Waals surface area (Å²) >= 11 is 0. The summed E-state index contributed by atoms with van der Waals surface area (Å²) in [5.74, 6) is 5.70. The molecule has 1 atom stereocenters. The Morgan fingerprint density at radius 3 is 2.24 bits per heavy atom. The SMILES string of the molecule is CP(C)(=O)NCC(Cc1ccc(C#Cc2ccc(CN3CCOCC3)cc2)cc1)c1nc[nH]c(=O)c1O. The van der Waals surface area contributed by atoms with Crippen LogP contribution in [0.5, 0.6) is 5.75 Å². The molecule has 1 aliphatic rings. The van der Waals surface area contributed by atoms with Gasteiger partial charge in [0, 0.05) is 56.6 Å². The maximum Gasteiger partial charge on any atom is 0.293 e. The van der Waals surface area contributed by atoms with Crippen molar-refractivity contribution < 1.29 is 14.4 Å². The summed E-state index contributed by atoms with van der Waals surface area (Å²) in [6, 6.07) is 16.2. The molecule has 1 fully saturated rings. The smallest absolute Gasteiger partial charge is 0.293 e. The van der Waals surface area contributed by atoms with E-state index in [0.717, 1.165) is 49.5 Å². The third-order valence-corrected chi connectivity index (χ3v) is 7.16. The summed E-state index contributed by atoms with van der Waals surface area (Å²) in [4.78, 5) is 20.9. The van der Waals surface area contributed by atoms with E-state index in [4.69, 9.17) is 4.74 Å². The molecule has 3 aromatic rings. The Labute approximate surface area is 217 Å². The van der Waals surface area contributed by atoms with Crippen molar-refractivity contribution in [2.24, 2.45) is 0 Å². The average Bonchev–Trinajstić information content (AvgIpc) is 2.89. The van der Waals surface area contributed by atoms with Crippen LogP contribution in [0.1, 0.15) is 33.9 Å². The van der Waals surface area contributed by atoms with E-state index in [-0.39, 0.29) is 11.6 Å². The van der Waals surface area contributed by atoms with Crippen LogP contribution < -0.4 is 10.6 Å². The fourth-order valence-electron chi connectivity index (χ4n) is 4.16. The van der Waals surface area contributed by atoms with E-state index in [9.17, 15) is 14.5 Å². The van der Waals surface area contributed by atoms with Gasteiger partial charge in [0.05, 0.1) is 25.2 Å². The summed E-state index contributed by atoms with van der Waals surface area (Å²) in [6.45, 7) is 8.05. The summed E-state index contributed by atoms with van der Waals surface area (Å²) in [5.41, 5.74) is 3.80. The molecular formula is C28H33N4O4P. The lowest BCUT2D eigenvalue weighted by Crippen LogP contribution is -2.35. The second kappa shape index (κ2) is 12.4. The molecule has 194 valence electrons. The summed E-state index contributed by atoms with van der Waals surface area (Å²) in [6.07, 6.45) is 1.78. The van der Waals surface area contributed by atoms with Crippen LogP contribution in [0.4, 0.5) is 0 Å². The second-order valence-electron chi connectivity index (χ2n) is 9.61. The van der Waals surface area contributed by atoms with Gasteiger partial charge in [-0.3, -0.25) is 14.8 Å². The fourth-order valence-corrected chi connectivity index (χ4v) is 4.82. The quantitative estimate of drug-likeness (QED) is 0.309. The molecule has 1 unspecified atom stereocenters. The molecule has 37 heavy (non-hydrogen) atoms. The molecule has 0 spiro atoms. The third kappa shape index (κ3) is 8.14. The van der Waals surface area contributed by atoms with Gasteiger partial charge < -0.3 is 19.4 Å². The van der Waals surface area contributed by atoms with E-state index >= 15 is 0 Å². The van der Waals surface area contributed by atoms with Crippen LogP contribution in [-0.2, 0) is 22.3 Å². The van der Waals surface area contributed by atoms with Crippen LogP contribution in [0.15, 0.2) is 59.7 Å². The highest BCUT2D eigenvalue weighted by atomic mass is 31.2. The van der Waals surface area contributed by atoms with Crippen molar-refractivity contribution in [1.82, 2.24) is 20.0 Å². The van der Waals surface area contributed by atoms with Gasteiger partial charge in [0.25, 0.3) is 5.56 Å². The molecule has 0 amide bonds. The van der Waals surface area contributed by atoms with Crippen molar-refractivity contribution >= 4 is 7.29 Å². The van der Waals surface area contributed by atoms with Crippen molar-refractivity contribution in [2.75, 3.05) is 46.2 Å².